The van der Waals surface area contributed by atoms with Crippen LogP contribution in [0.5, 0.6) is 0 Å². The molecule has 0 unspecified atom stereocenters. The third kappa shape index (κ3) is 4.43. The Bertz CT molecular complexity index is 484. The Labute approximate surface area is 119 Å². The Morgan fingerprint density at radius 1 is 1.30 bits per heavy atom. The smallest absolute Gasteiger partial charge is 0.0710 e. The average Bonchev–Trinajstić information content (AvgIpc) is 2.96. The number of unbranched alkanes of at least 4 members (excludes halogenated alkanes) is 1. The molecule has 0 saturated carbocycles. The predicted octanol–water partition coefficient (Wildman–Crippen LogP) is 2.38. The van der Waals surface area contributed by atoms with E-state index in [4.69, 9.17) is 4.74 Å². The number of hydrogen-bond donors (Lipinski definition) is 2. The normalized spacial score (nSPS) is 10.8. The first-order valence-corrected chi connectivity index (χ1v) is 7.13. The molecule has 5 nitrogen and oxygen atoms in total. The molecule has 0 spiro atoms. The molecule has 0 amide bonds. The molecule has 0 aliphatic carbocycles. The minimum Gasteiger partial charge on any atom is -0.380 e. The largest absolute Gasteiger partial charge is 0.380 e. The summed E-state index contributed by atoms with van der Waals surface area (Å²) in [6.07, 6.45) is 7.77. The van der Waals surface area contributed by atoms with Crippen LogP contribution < -0.4 is 5.32 Å². The first-order valence-electron chi connectivity index (χ1n) is 7.13. The molecule has 2 rings (SSSR count). The Kier molecular flexibility index (Phi) is 6.20. The highest BCUT2D eigenvalue weighted by atomic mass is 16.5. The van der Waals surface area contributed by atoms with Crippen molar-refractivity contribution in [2.75, 3.05) is 19.8 Å². The molecular formula is C15H22N4O. The number of aromatic amines is 1. The van der Waals surface area contributed by atoms with E-state index in [2.05, 4.69) is 27.4 Å². The lowest BCUT2D eigenvalue weighted by Gasteiger charge is -2.06. The van der Waals surface area contributed by atoms with Crippen molar-refractivity contribution < 1.29 is 4.74 Å². The third-order valence-electron chi connectivity index (χ3n) is 3.05. The fraction of sp³-hybridized carbons (Fsp3) is 0.467. The highest BCUT2D eigenvalue weighted by Crippen LogP contribution is 2.19. The first kappa shape index (κ1) is 14.7. The SMILES string of the molecule is CCCCOCCNCc1cn[nH]c1-c1cccnc1. The summed E-state index contributed by atoms with van der Waals surface area (Å²) in [5, 5.41) is 10.5. The van der Waals surface area contributed by atoms with Crippen LogP contribution in [-0.2, 0) is 11.3 Å². The Hall–Kier alpha value is -1.72. The fourth-order valence-electron chi connectivity index (χ4n) is 1.92. The fourth-order valence-corrected chi connectivity index (χ4v) is 1.92. The van der Waals surface area contributed by atoms with Gasteiger partial charge in [-0.3, -0.25) is 10.1 Å². The van der Waals surface area contributed by atoms with Crippen molar-refractivity contribution >= 4 is 0 Å². The zero-order valence-electron chi connectivity index (χ0n) is 11.9. The van der Waals surface area contributed by atoms with Crippen molar-refractivity contribution in [3.8, 4) is 11.3 Å². The van der Waals surface area contributed by atoms with Crippen molar-refractivity contribution in [1.29, 1.82) is 0 Å². The van der Waals surface area contributed by atoms with E-state index in [-0.39, 0.29) is 0 Å². The molecule has 2 aromatic heterocycles. The van der Waals surface area contributed by atoms with E-state index >= 15 is 0 Å². The monoisotopic (exact) mass is 274 g/mol. The molecule has 0 radical (unpaired) electrons. The third-order valence-corrected chi connectivity index (χ3v) is 3.05. The van der Waals surface area contributed by atoms with Crippen LogP contribution in [0.15, 0.2) is 30.7 Å². The standard InChI is InChI=1S/C15H22N4O/c1-2-3-8-20-9-7-17-11-14-12-18-19-15(14)13-5-4-6-16-10-13/h4-6,10,12,17H,2-3,7-9,11H2,1H3,(H,18,19). The van der Waals surface area contributed by atoms with Gasteiger partial charge < -0.3 is 10.1 Å². The van der Waals surface area contributed by atoms with Crippen LogP contribution in [0.25, 0.3) is 11.3 Å². The Balaban J connectivity index is 1.76. The minimum atomic E-state index is 0.750. The lowest BCUT2D eigenvalue weighted by atomic mass is 10.1. The molecule has 2 N–H and O–H groups in total. The van der Waals surface area contributed by atoms with Crippen molar-refractivity contribution in [3.63, 3.8) is 0 Å². The van der Waals surface area contributed by atoms with E-state index < -0.39 is 0 Å². The van der Waals surface area contributed by atoms with Gasteiger partial charge in [-0.2, -0.15) is 5.10 Å². The molecule has 0 saturated heterocycles. The molecule has 0 bridgehead atoms. The van der Waals surface area contributed by atoms with Crippen LogP contribution in [0.2, 0.25) is 0 Å². The van der Waals surface area contributed by atoms with Gasteiger partial charge in [-0.05, 0) is 18.6 Å². The maximum Gasteiger partial charge on any atom is 0.0710 e. The number of H-pyrrole nitrogens is 1. The molecule has 0 aromatic carbocycles. The predicted molar refractivity (Wildman–Crippen MR) is 79.3 cm³/mol. The number of nitrogens with one attached hydrogen (secondary N) is 2. The molecule has 2 heterocycles. The van der Waals surface area contributed by atoms with Gasteiger partial charge in [-0.15, -0.1) is 0 Å². The molecule has 108 valence electrons. The molecule has 5 heteroatoms. The van der Waals surface area contributed by atoms with E-state index in [1.165, 1.54) is 6.42 Å². The van der Waals surface area contributed by atoms with Crippen LogP contribution in [0, 0.1) is 0 Å². The molecule has 0 atom stereocenters. The summed E-state index contributed by atoms with van der Waals surface area (Å²) < 4.78 is 5.51. The van der Waals surface area contributed by atoms with Crippen LogP contribution in [0.3, 0.4) is 0 Å². The van der Waals surface area contributed by atoms with Crippen molar-refractivity contribution in [1.82, 2.24) is 20.5 Å². The second kappa shape index (κ2) is 8.45. The molecule has 0 aliphatic rings. The Morgan fingerprint density at radius 2 is 2.25 bits per heavy atom. The van der Waals surface area contributed by atoms with Gasteiger partial charge in [-0.25, -0.2) is 0 Å². The highest BCUT2D eigenvalue weighted by Gasteiger charge is 2.06. The van der Waals surface area contributed by atoms with Crippen molar-refractivity contribution in [2.45, 2.75) is 26.3 Å². The van der Waals surface area contributed by atoms with Gasteiger partial charge in [0.15, 0.2) is 0 Å². The summed E-state index contributed by atoms with van der Waals surface area (Å²) in [5.74, 6) is 0. The highest BCUT2D eigenvalue weighted by molar-refractivity contribution is 5.61. The maximum absolute atomic E-state index is 5.51. The minimum absolute atomic E-state index is 0.750. The summed E-state index contributed by atoms with van der Waals surface area (Å²) in [7, 11) is 0. The van der Waals surface area contributed by atoms with Crippen LogP contribution in [0.1, 0.15) is 25.3 Å². The summed E-state index contributed by atoms with van der Waals surface area (Å²) in [4.78, 5) is 4.13. The Morgan fingerprint density at radius 3 is 3.05 bits per heavy atom. The quantitative estimate of drug-likeness (QED) is 0.689. The summed E-state index contributed by atoms with van der Waals surface area (Å²) >= 11 is 0. The molecule has 0 aliphatic heterocycles. The van der Waals surface area contributed by atoms with Gasteiger partial charge in [0, 0.05) is 43.2 Å². The van der Waals surface area contributed by atoms with Crippen molar-refractivity contribution in [3.05, 3.63) is 36.3 Å². The number of pyridine rings is 1. The zero-order chi connectivity index (χ0) is 14.0. The van der Waals surface area contributed by atoms with Gasteiger partial charge in [0.25, 0.3) is 0 Å². The van der Waals surface area contributed by atoms with E-state index in [1.54, 1.807) is 6.20 Å². The lowest BCUT2D eigenvalue weighted by Crippen LogP contribution is -2.19. The molecular weight excluding hydrogens is 252 g/mol. The number of ether oxygens (including phenoxy) is 1. The molecule has 2 aromatic rings. The summed E-state index contributed by atoms with van der Waals surface area (Å²) in [6, 6.07) is 3.95. The van der Waals surface area contributed by atoms with Crippen molar-refractivity contribution in [2.24, 2.45) is 0 Å². The second-order valence-corrected chi connectivity index (χ2v) is 4.65. The van der Waals surface area contributed by atoms with Crippen LogP contribution in [-0.4, -0.2) is 34.9 Å². The topological polar surface area (TPSA) is 62.8 Å². The average molecular weight is 274 g/mol. The van der Waals surface area contributed by atoms with Gasteiger partial charge >= 0.3 is 0 Å². The van der Waals surface area contributed by atoms with E-state index in [0.29, 0.717) is 0 Å². The van der Waals surface area contributed by atoms with E-state index in [9.17, 15) is 0 Å². The van der Waals surface area contributed by atoms with E-state index in [0.717, 1.165) is 49.5 Å². The lowest BCUT2D eigenvalue weighted by molar-refractivity contribution is 0.133. The number of hydrogen-bond acceptors (Lipinski definition) is 4. The molecule has 0 fully saturated rings. The van der Waals surface area contributed by atoms with Gasteiger partial charge in [-0.1, -0.05) is 13.3 Å². The number of nitrogens with zero attached hydrogens (tertiary/aromatic N) is 2. The van der Waals surface area contributed by atoms with Gasteiger partial charge in [0.1, 0.15) is 0 Å². The van der Waals surface area contributed by atoms with Crippen LogP contribution in [0.4, 0.5) is 0 Å². The summed E-state index contributed by atoms with van der Waals surface area (Å²) in [5.41, 5.74) is 3.23. The zero-order valence-corrected chi connectivity index (χ0v) is 11.9. The number of aromatic nitrogens is 3. The molecule has 20 heavy (non-hydrogen) atoms. The van der Waals surface area contributed by atoms with Gasteiger partial charge in [0.05, 0.1) is 18.5 Å². The second-order valence-electron chi connectivity index (χ2n) is 4.65. The first-order chi connectivity index (χ1) is 9.92. The van der Waals surface area contributed by atoms with Crippen LogP contribution >= 0.6 is 0 Å². The summed E-state index contributed by atoms with van der Waals surface area (Å²) in [6.45, 7) is 5.39. The number of rotatable bonds is 9. The van der Waals surface area contributed by atoms with Gasteiger partial charge in [0.2, 0.25) is 0 Å². The van der Waals surface area contributed by atoms with E-state index in [1.807, 2.05) is 24.5 Å². The maximum atomic E-state index is 5.51.